The van der Waals surface area contributed by atoms with E-state index < -0.39 is 20.2 Å². The summed E-state index contributed by atoms with van der Waals surface area (Å²) in [5.41, 5.74) is 7.68. The number of pyridine rings is 1. The number of nitrogens with two attached hydrogens (primary N) is 2. The van der Waals surface area contributed by atoms with Gasteiger partial charge in [-0.3, -0.25) is 4.99 Å². The number of dihydropyridines is 1. The fraction of sp³-hybridized carbons (Fsp3) is 0.250. The van der Waals surface area contributed by atoms with E-state index in [1.807, 2.05) is 50.2 Å². The molecule has 1 aliphatic heterocycles. The van der Waals surface area contributed by atoms with E-state index in [1.165, 1.54) is 0 Å². The zero-order valence-corrected chi connectivity index (χ0v) is 17.0. The van der Waals surface area contributed by atoms with Gasteiger partial charge in [-0.15, -0.1) is 5.10 Å². The van der Waals surface area contributed by atoms with E-state index in [1.54, 1.807) is 29.1 Å². The maximum Gasteiger partial charge on any atom is 0.240 e. The quantitative estimate of drug-likeness (QED) is 0.677. The lowest BCUT2D eigenvalue weighted by Crippen LogP contribution is -2.58. The minimum atomic E-state index is -4.02. The molecule has 0 amide bonds. The van der Waals surface area contributed by atoms with E-state index in [9.17, 15) is 8.42 Å². The molecule has 1 aromatic carbocycles. The third kappa shape index (κ3) is 3.02. The van der Waals surface area contributed by atoms with E-state index in [0.29, 0.717) is 11.2 Å². The van der Waals surface area contributed by atoms with Gasteiger partial charge >= 0.3 is 0 Å². The van der Waals surface area contributed by atoms with Crippen LogP contribution in [-0.4, -0.2) is 40.5 Å². The van der Waals surface area contributed by atoms with Crippen molar-refractivity contribution in [1.29, 1.82) is 0 Å². The Morgan fingerprint density at radius 3 is 2.55 bits per heavy atom. The second kappa shape index (κ2) is 6.50. The summed E-state index contributed by atoms with van der Waals surface area (Å²) in [7, 11) is -4.02. The highest BCUT2D eigenvalue weighted by Gasteiger charge is 2.54. The van der Waals surface area contributed by atoms with Gasteiger partial charge in [0.05, 0.1) is 6.54 Å². The van der Waals surface area contributed by atoms with Crippen molar-refractivity contribution in [3.05, 3.63) is 65.9 Å². The third-order valence-corrected chi connectivity index (χ3v) is 7.46. The van der Waals surface area contributed by atoms with Gasteiger partial charge in [-0.25, -0.2) is 18.1 Å². The summed E-state index contributed by atoms with van der Waals surface area (Å²) >= 11 is 0. The Morgan fingerprint density at radius 2 is 1.86 bits per heavy atom. The SMILES string of the molecule is CC(C)(c1ccccc1)C1(S(N)(=O)=O)C=C(c2ccc3nc(N)nn3c2)C=NC1. The fourth-order valence-electron chi connectivity index (χ4n) is 3.85. The zero-order chi connectivity index (χ0) is 20.9. The molecule has 0 aliphatic carbocycles. The van der Waals surface area contributed by atoms with Crippen LogP contribution in [0.4, 0.5) is 5.95 Å². The maximum absolute atomic E-state index is 12.9. The van der Waals surface area contributed by atoms with Crippen LogP contribution < -0.4 is 10.9 Å². The molecule has 0 radical (unpaired) electrons. The van der Waals surface area contributed by atoms with E-state index in [0.717, 1.165) is 11.1 Å². The predicted molar refractivity (Wildman–Crippen MR) is 114 cm³/mol. The van der Waals surface area contributed by atoms with Gasteiger partial charge in [0.1, 0.15) is 4.75 Å². The summed E-state index contributed by atoms with van der Waals surface area (Å²) < 4.78 is 26.0. The normalized spacial score (nSPS) is 20.0. The summed E-state index contributed by atoms with van der Waals surface area (Å²) in [5, 5.41) is 9.93. The Morgan fingerprint density at radius 1 is 1.14 bits per heavy atom. The molecule has 9 heteroatoms. The Labute approximate surface area is 169 Å². The number of hydrogen-bond acceptors (Lipinski definition) is 6. The lowest BCUT2D eigenvalue weighted by molar-refractivity contribution is 0.399. The summed E-state index contributed by atoms with van der Waals surface area (Å²) in [6.07, 6.45) is 5.11. The lowest BCUT2D eigenvalue weighted by Gasteiger charge is -2.44. The van der Waals surface area contributed by atoms with Crippen LogP contribution in [0.5, 0.6) is 0 Å². The summed E-state index contributed by atoms with van der Waals surface area (Å²) in [6.45, 7) is 3.79. The molecule has 4 rings (SSSR count). The van der Waals surface area contributed by atoms with Crippen LogP contribution in [0.2, 0.25) is 0 Å². The van der Waals surface area contributed by atoms with Crippen LogP contribution >= 0.6 is 0 Å². The van der Waals surface area contributed by atoms with Crippen molar-refractivity contribution in [2.24, 2.45) is 10.1 Å². The summed E-state index contributed by atoms with van der Waals surface area (Å²) in [5.74, 6) is 0.164. The number of anilines is 1. The average molecular weight is 411 g/mol. The largest absolute Gasteiger partial charge is 0.366 e. The molecule has 0 bridgehead atoms. The summed E-state index contributed by atoms with van der Waals surface area (Å²) in [4.78, 5) is 8.52. The second-order valence-electron chi connectivity index (χ2n) is 7.69. The van der Waals surface area contributed by atoms with Gasteiger partial charge in [-0.2, -0.15) is 4.98 Å². The molecule has 2 aromatic heterocycles. The number of hydrogen-bond donors (Lipinski definition) is 2. The Bertz CT molecular complexity index is 1240. The molecule has 3 heterocycles. The first-order valence-electron chi connectivity index (χ1n) is 9.07. The highest BCUT2D eigenvalue weighted by molar-refractivity contribution is 7.90. The number of aliphatic imine (C=N–C) groups is 1. The van der Waals surface area contributed by atoms with Crippen LogP contribution in [0.1, 0.15) is 25.0 Å². The molecule has 4 N–H and O–H groups in total. The Kier molecular flexibility index (Phi) is 4.32. The number of nitrogen functional groups attached to an aromatic ring is 1. The monoisotopic (exact) mass is 410 g/mol. The third-order valence-electron chi connectivity index (χ3n) is 5.69. The molecule has 0 fully saturated rings. The molecule has 8 nitrogen and oxygen atoms in total. The standard InChI is InChI=1S/C20H22N6O2S/c1-19(2,16-6-4-3-5-7-16)20(29(22,27)28)10-15(11-23-13-20)14-8-9-17-24-18(21)25-26(17)12-14/h3-12H,13H2,1-2H3,(H2,21,25)(H2,22,27,28). The fourth-order valence-corrected chi connectivity index (χ4v) is 5.22. The van der Waals surface area contributed by atoms with Gasteiger partial charge in [-0.05, 0) is 29.3 Å². The van der Waals surface area contributed by atoms with E-state index >= 15 is 0 Å². The Hall–Kier alpha value is -3.04. The van der Waals surface area contributed by atoms with Crippen molar-refractivity contribution in [2.45, 2.75) is 24.0 Å². The molecule has 29 heavy (non-hydrogen) atoms. The molecule has 0 spiro atoms. The van der Waals surface area contributed by atoms with Gasteiger partial charge in [0.15, 0.2) is 5.65 Å². The van der Waals surface area contributed by atoms with Gasteiger partial charge in [0, 0.05) is 23.4 Å². The molecule has 3 aromatic rings. The number of sulfonamides is 1. The lowest BCUT2D eigenvalue weighted by atomic mass is 9.71. The predicted octanol–water partition coefficient (Wildman–Crippen LogP) is 1.78. The van der Waals surface area contributed by atoms with E-state index in [-0.39, 0.29) is 12.5 Å². The average Bonchev–Trinajstić information content (AvgIpc) is 3.07. The topological polar surface area (TPSA) is 129 Å². The van der Waals surface area contributed by atoms with Gasteiger partial charge < -0.3 is 5.73 Å². The van der Waals surface area contributed by atoms with Crippen molar-refractivity contribution in [2.75, 3.05) is 12.3 Å². The first-order chi connectivity index (χ1) is 13.6. The number of primary sulfonamides is 1. The molecule has 1 unspecified atom stereocenters. The van der Waals surface area contributed by atoms with Crippen LogP contribution in [0.25, 0.3) is 11.2 Å². The van der Waals surface area contributed by atoms with E-state index in [2.05, 4.69) is 15.1 Å². The molecule has 150 valence electrons. The molecule has 0 saturated carbocycles. The molecular weight excluding hydrogens is 388 g/mol. The van der Waals surface area contributed by atoms with Crippen LogP contribution in [0, 0.1) is 0 Å². The number of rotatable bonds is 4. The number of fused-ring (bicyclic) bond motifs is 1. The molecular formula is C20H22N6O2S. The highest BCUT2D eigenvalue weighted by Crippen LogP contribution is 2.43. The maximum atomic E-state index is 12.9. The van der Waals surface area contributed by atoms with Crippen LogP contribution in [-0.2, 0) is 15.4 Å². The highest BCUT2D eigenvalue weighted by atomic mass is 32.2. The van der Waals surface area contributed by atoms with Crippen LogP contribution in [0.15, 0.2) is 59.7 Å². The first-order valence-corrected chi connectivity index (χ1v) is 10.6. The number of allylic oxidation sites excluding steroid dienone is 1. The smallest absolute Gasteiger partial charge is 0.240 e. The first kappa shape index (κ1) is 19.3. The van der Waals surface area contributed by atoms with Crippen molar-refractivity contribution in [1.82, 2.24) is 14.6 Å². The minimum Gasteiger partial charge on any atom is -0.366 e. The molecule has 1 aliphatic rings. The number of aromatic nitrogens is 3. The Balaban J connectivity index is 1.91. The van der Waals surface area contributed by atoms with Gasteiger partial charge in [-0.1, -0.05) is 44.2 Å². The van der Waals surface area contributed by atoms with Crippen molar-refractivity contribution in [3.63, 3.8) is 0 Å². The zero-order valence-electron chi connectivity index (χ0n) is 16.1. The molecule has 0 saturated heterocycles. The number of benzene rings is 1. The van der Waals surface area contributed by atoms with Crippen molar-refractivity contribution in [3.8, 4) is 0 Å². The van der Waals surface area contributed by atoms with Crippen molar-refractivity contribution >= 4 is 33.4 Å². The van der Waals surface area contributed by atoms with Gasteiger partial charge in [0.25, 0.3) is 0 Å². The molecule has 1 atom stereocenters. The van der Waals surface area contributed by atoms with Crippen LogP contribution in [0.3, 0.4) is 0 Å². The number of nitrogens with zero attached hydrogens (tertiary/aromatic N) is 4. The van der Waals surface area contributed by atoms with Gasteiger partial charge in [0.2, 0.25) is 16.0 Å². The summed E-state index contributed by atoms with van der Waals surface area (Å²) in [6, 6.07) is 13.1. The van der Waals surface area contributed by atoms with Crippen molar-refractivity contribution < 1.29 is 8.42 Å². The van der Waals surface area contributed by atoms with E-state index in [4.69, 9.17) is 10.9 Å². The second-order valence-corrected chi connectivity index (χ2v) is 9.50. The minimum absolute atomic E-state index is 0.0374.